The monoisotopic (exact) mass is 470 g/mol. The fourth-order valence-electron chi connectivity index (χ4n) is 5.29. The van der Waals surface area contributed by atoms with Crippen molar-refractivity contribution in [1.82, 2.24) is 20.2 Å². The van der Waals surface area contributed by atoms with Crippen LogP contribution in [0.15, 0.2) is 36.7 Å². The van der Waals surface area contributed by atoms with E-state index < -0.39 is 5.60 Å². The van der Waals surface area contributed by atoms with Crippen molar-refractivity contribution in [3.05, 3.63) is 47.8 Å². The normalized spacial score (nSPS) is 17.1. The first-order valence-electron chi connectivity index (χ1n) is 12.2. The molecule has 1 aromatic carbocycles. The lowest BCUT2D eigenvalue weighted by atomic mass is 9.92. The standard InChI is InChI=1S/C27H30N6O2/c1-16-10-18(11-17(2)24(16)33-7-4-27(3,34)5-8-33)22-13-20-21(15-29-25(20)32-31-22)19-12-23-26(30-14-19)35-9-6-28-23/h10-15,28,34H,4-9H2,1-3H3,(H,29,32). The van der Waals surface area contributed by atoms with E-state index in [4.69, 9.17) is 4.74 Å². The van der Waals surface area contributed by atoms with Gasteiger partial charge in [0.2, 0.25) is 5.88 Å². The van der Waals surface area contributed by atoms with Crippen LogP contribution < -0.4 is 15.0 Å². The number of aromatic amines is 1. The van der Waals surface area contributed by atoms with Crippen molar-refractivity contribution in [3.63, 3.8) is 0 Å². The van der Waals surface area contributed by atoms with E-state index in [1.54, 1.807) is 0 Å². The quantitative estimate of drug-likeness (QED) is 0.407. The summed E-state index contributed by atoms with van der Waals surface area (Å²) < 4.78 is 5.63. The topological polar surface area (TPSA) is 99.2 Å². The highest BCUT2D eigenvalue weighted by Gasteiger charge is 2.28. The molecule has 6 rings (SSSR count). The maximum Gasteiger partial charge on any atom is 0.237 e. The van der Waals surface area contributed by atoms with E-state index >= 15 is 0 Å². The maximum atomic E-state index is 10.3. The Morgan fingerprint density at radius 3 is 2.57 bits per heavy atom. The van der Waals surface area contributed by atoms with Gasteiger partial charge in [0, 0.05) is 59.8 Å². The fraction of sp³-hybridized carbons (Fsp3) is 0.370. The number of nitrogens with one attached hydrogen (secondary N) is 2. The number of rotatable bonds is 3. The molecule has 0 bridgehead atoms. The number of anilines is 2. The van der Waals surface area contributed by atoms with E-state index in [-0.39, 0.29) is 0 Å². The molecule has 2 aliphatic rings. The lowest BCUT2D eigenvalue weighted by Gasteiger charge is -2.38. The first-order chi connectivity index (χ1) is 16.9. The number of nitrogens with zero attached hydrogens (tertiary/aromatic N) is 4. The van der Waals surface area contributed by atoms with Crippen LogP contribution in [-0.4, -0.2) is 57.1 Å². The maximum absolute atomic E-state index is 10.3. The van der Waals surface area contributed by atoms with Crippen molar-refractivity contribution in [1.29, 1.82) is 0 Å². The van der Waals surface area contributed by atoms with Gasteiger partial charge in [-0.25, -0.2) is 4.98 Å². The Morgan fingerprint density at radius 1 is 1.03 bits per heavy atom. The highest BCUT2D eigenvalue weighted by atomic mass is 16.5. The highest BCUT2D eigenvalue weighted by molar-refractivity contribution is 5.95. The second-order valence-corrected chi connectivity index (χ2v) is 9.99. The van der Waals surface area contributed by atoms with Gasteiger partial charge >= 0.3 is 0 Å². The molecule has 8 nitrogen and oxygen atoms in total. The summed E-state index contributed by atoms with van der Waals surface area (Å²) >= 11 is 0. The van der Waals surface area contributed by atoms with Crippen LogP contribution in [0.4, 0.5) is 11.4 Å². The second-order valence-electron chi connectivity index (χ2n) is 9.99. The molecular weight excluding hydrogens is 440 g/mol. The van der Waals surface area contributed by atoms with Crippen LogP contribution in [-0.2, 0) is 0 Å². The largest absolute Gasteiger partial charge is 0.474 e. The van der Waals surface area contributed by atoms with E-state index in [0.717, 1.165) is 71.6 Å². The van der Waals surface area contributed by atoms with Gasteiger partial charge in [0.1, 0.15) is 6.61 Å². The molecule has 2 aliphatic heterocycles. The Kier molecular flexibility index (Phi) is 5.14. The average molecular weight is 471 g/mol. The van der Waals surface area contributed by atoms with Gasteiger partial charge in [-0.05, 0) is 69.0 Å². The Bertz CT molecular complexity index is 1390. The molecule has 0 saturated carbocycles. The van der Waals surface area contributed by atoms with Crippen molar-refractivity contribution in [3.8, 4) is 28.3 Å². The minimum absolute atomic E-state index is 0.561. The van der Waals surface area contributed by atoms with Crippen molar-refractivity contribution in [2.75, 3.05) is 36.5 Å². The smallest absolute Gasteiger partial charge is 0.237 e. The van der Waals surface area contributed by atoms with Crippen LogP contribution in [0.25, 0.3) is 33.4 Å². The summed E-state index contributed by atoms with van der Waals surface area (Å²) in [6.45, 7) is 9.36. The number of ether oxygens (including phenoxy) is 1. The summed E-state index contributed by atoms with van der Waals surface area (Å²) in [7, 11) is 0. The molecule has 3 N–H and O–H groups in total. The number of fused-ring (bicyclic) bond motifs is 2. The third-order valence-electron chi connectivity index (χ3n) is 7.20. The van der Waals surface area contributed by atoms with Gasteiger partial charge in [0.15, 0.2) is 5.65 Å². The lowest BCUT2D eigenvalue weighted by molar-refractivity contribution is 0.0351. The SMILES string of the molecule is Cc1cc(-c2cc3c(-c4cnc5c(c4)NCCO5)c[nH]c3nn2)cc(C)c1N1CCC(C)(O)CC1. The molecule has 0 unspecified atom stereocenters. The van der Waals surface area contributed by atoms with Crippen molar-refractivity contribution >= 4 is 22.4 Å². The minimum Gasteiger partial charge on any atom is -0.474 e. The van der Waals surface area contributed by atoms with Crippen molar-refractivity contribution in [2.24, 2.45) is 0 Å². The first-order valence-corrected chi connectivity index (χ1v) is 12.2. The number of aromatic nitrogens is 4. The van der Waals surface area contributed by atoms with Gasteiger partial charge in [0.05, 0.1) is 17.0 Å². The summed E-state index contributed by atoms with van der Waals surface area (Å²) in [5.41, 5.74) is 8.69. The number of hydrogen-bond donors (Lipinski definition) is 3. The Balaban J connectivity index is 1.35. The Hall–Kier alpha value is -3.65. The van der Waals surface area contributed by atoms with Gasteiger partial charge < -0.3 is 25.0 Å². The summed E-state index contributed by atoms with van der Waals surface area (Å²) in [5, 5.41) is 23.7. The Morgan fingerprint density at radius 2 is 1.80 bits per heavy atom. The Labute approximate surface area is 204 Å². The van der Waals surface area contributed by atoms with Crippen LogP contribution in [0.2, 0.25) is 0 Å². The fourth-order valence-corrected chi connectivity index (χ4v) is 5.29. The molecule has 0 radical (unpaired) electrons. The minimum atomic E-state index is -0.561. The summed E-state index contributed by atoms with van der Waals surface area (Å²) in [6.07, 6.45) is 5.37. The number of hydrogen-bond acceptors (Lipinski definition) is 7. The molecule has 1 saturated heterocycles. The van der Waals surface area contributed by atoms with Crippen LogP contribution in [0.5, 0.6) is 5.88 Å². The van der Waals surface area contributed by atoms with Gasteiger partial charge in [-0.1, -0.05) is 0 Å². The van der Waals surface area contributed by atoms with Gasteiger partial charge in [-0.15, -0.1) is 10.2 Å². The molecule has 3 aromatic heterocycles. The first kappa shape index (κ1) is 21.9. The molecule has 0 atom stereocenters. The van der Waals surface area contributed by atoms with Crippen molar-refractivity contribution in [2.45, 2.75) is 39.2 Å². The summed E-state index contributed by atoms with van der Waals surface area (Å²) in [5.74, 6) is 0.642. The van der Waals surface area contributed by atoms with Crippen molar-refractivity contribution < 1.29 is 9.84 Å². The van der Waals surface area contributed by atoms with Gasteiger partial charge in [-0.2, -0.15) is 0 Å². The third kappa shape index (κ3) is 3.97. The van der Waals surface area contributed by atoms with E-state index in [9.17, 15) is 5.11 Å². The summed E-state index contributed by atoms with van der Waals surface area (Å²) in [4.78, 5) is 10.1. The molecule has 0 spiro atoms. The van der Waals surface area contributed by atoms with E-state index in [1.807, 2.05) is 19.3 Å². The number of H-pyrrole nitrogens is 1. The van der Waals surface area contributed by atoms with E-state index in [0.29, 0.717) is 12.5 Å². The predicted molar refractivity (Wildman–Crippen MR) is 138 cm³/mol. The molecule has 0 amide bonds. The molecule has 4 aromatic rings. The van der Waals surface area contributed by atoms with Gasteiger partial charge in [0.25, 0.3) is 0 Å². The number of piperidine rings is 1. The molecule has 1 fully saturated rings. The molecule has 35 heavy (non-hydrogen) atoms. The molecule has 5 heterocycles. The van der Waals surface area contributed by atoms with Crippen LogP contribution in [0.1, 0.15) is 30.9 Å². The number of aliphatic hydroxyl groups is 1. The lowest BCUT2D eigenvalue weighted by Crippen LogP contribution is -2.43. The van der Waals surface area contributed by atoms with E-state index in [1.165, 1.54) is 16.8 Å². The van der Waals surface area contributed by atoms with Crippen LogP contribution in [0.3, 0.4) is 0 Å². The molecular formula is C27H30N6O2. The zero-order valence-electron chi connectivity index (χ0n) is 20.4. The molecule has 180 valence electrons. The van der Waals surface area contributed by atoms with Crippen LogP contribution >= 0.6 is 0 Å². The predicted octanol–water partition coefficient (Wildman–Crippen LogP) is 4.46. The highest BCUT2D eigenvalue weighted by Crippen LogP contribution is 2.36. The summed E-state index contributed by atoms with van der Waals surface area (Å²) in [6, 6.07) is 8.56. The zero-order chi connectivity index (χ0) is 24.2. The van der Waals surface area contributed by atoms with Gasteiger partial charge in [-0.3, -0.25) is 0 Å². The zero-order valence-corrected chi connectivity index (χ0v) is 20.4. The number of aryl methyl sites for hydroxylation is 2. The molecule has 0 aliphatic carbocycles. The third-order valence-corrected chi connectivity index (χ3v) is 7.20. The second kappa shape index (κ2) is 8.23. The van der Waals surface area contributed by atoms with Crippen LogP contribution in [0, 0.1) is 13.8 Å². The van der Waals surface area contributed by atoms with E-state index in [2.05, 4.69) is 68.5 Å². The number of benzene rings is 1. The molecule has 8 heteroatoms. The average Bonchev–Trinajstić information content (AvgIpc) is 3.27. The number of pyridine rings is 1.